The van der Waals surface area contributed by atoms with Gasteiger partial charge in [0.05, 0.1) is 23.6 Å². The lowest BCUT2D eigenvalue weighted by molar-refractivity contribution is -0.149. The molecule has 7 heteroatoms. The van der Waals surface area contributed by atoms with E-state index in [2.05, 4.69) is 5.32 Å². The summed E-state index contributed by atoms with van der Waals surface area (Å²) in [6, 6.07) is 39.6. The number of rotatable bonds is 7. The Bertz CT molecular complexity index is 2080. The molecule has 1 amide bonds. The zero-order chi connectivity index (χ0) is 32.2. The summed E-state index contributed by atoms with van der Waals surface area (Å²) >= 11 is 0. The van der Waals surface area contributed by atoms with E-state index in [4.69, 9.17) is 14.1 Å². The Kier molecular flexibility index (Phi) is 8.52. The molecule has 3 aliphatic rings. The molecule has 47 heavy (non-hydrogen) atoms. The van der Waals surface area contributed by atoms with Gasteiger partial charge in [0, 0.05) is 58.7 Å². The van der Waals surface area contributed by atoms with Crippen molar-refractivity contribution in [2.75, 3.05) is 25.0 Å². The molecule has 0 saturated carbocycles. The number of benzene rings is 5. The van der Waals surface area contributed by atoms with Gasteiger partial charge in [-0.15, -0.1) is 0 Å². The molecule has 2 heterocycles. The van der Waals surface area contributed by atoms with Crippen molar-refractivity contribution in [1.82, 2.24) is 4.90 Å². The standard InChI is InChI=1S/C40H35N3O4/c1-2-46-40(45)27-21-23-43(24-22-27)39(44)33-16-10-9-15-32(33)38-34-19-17-30(41-28-11-5-3-6-12-28)25-36(34)47-37-26-31(18-20-35(37)38)42-29-13-7-4-8-14-29/h3-20,25-27,41H,2,21-24H2,1H3. The number of hydrogen-bond acceptors (Lipinski definition) is 6. The normalized spacial score (nSPS) is 14.0. The lowest BCUT2D eigenvalue weighted by atomic mass is 9.89. The van der Waals surface area contributed by atoms with E-state index in [9.17, 15) is 9.59 Å². The van der Waals surface area contributed by atoms with Gasteiger partial charge in [-0.1, -0.05) is 54.6 Å². The molecule has 234 valence electrons. The van der Waals surface area contributed by atoms with Crippen molar-refractivity contribution in [2.45, 2.75) is 19.8 Å². The van der Waals surface area contributed by atoms with Crippen molar-refractivity contribution >= 4 is 39.9 Å². The van der Waals surface area contributed by atoms with E-state index in [0.29, 0.717) is 49.4 Å². The van der Waals surface area contributed by atoms with E-state index in [1.165, 1.54) is 0 Å². The minimum atomic E-state index is -0.175. The van der Waals surface area contributed by atoms with E-state index in [0.717, 1.165) is 44.5 Å². The van der Waals surface area contributed by atoms with Crippen LogP contribution in [0.5, 0.6) is 0 Å². The minimum Gasteiger partial charge on any atom is -0.466 e. The number of hydrogen-bond donors (Lipinski definition) is 1. The predicted octanol–water partition coefficient (Wildman–Crippen LogP) is 8.60. The van der Waals surface area contributed by atoms with Gasteiger partial charge in [0.25, 0.3) is 5.91 Å². The monoisotopic (exact) mass is 621 g/mol. The maximum Gasteiger partial charge on any atom is 0.309 e. The van der Waals surface area contributed by atoms with Crippen molar-refractivity contribution in [1.29, 1.82) is 0 Å². The minimum absolute atomic E-state index is 0.0527. The van der Waals surface area contributed by atoms with E-state index in [-0.39, 0.29) is 17.8 Å². The van der Waals surface area contributed by atoms with Crippen molar-refractivity contribution < 1.29 is 18.7 Å². The van der Waals surface area contributed by atoms with Crippen LogP contribution in [0.4, 0.5) is 17.1 Å². The number of ether oxygens (including phenoxy) is 1. The number of fused-ring (bicyclic) bond motifs is 2. The van der Waals surface area contributed by atoms with Crippen LogP contribution in [0.15, 0.2) is 131 Å². The summed E-state index contributed by atoms with van der Waals surface area (Å²) in [6.07, 6.45) is 1.18. The number of anilines is 2. The summed E-state index contributed by atoms with van der Waals surface area (Å²) in [6.45, 7) is 3.18. The number of likely N-dealkylation sites (tertiary alicyclic amines) is 1. The summed E-state index contributed by atoms with van der Waals surface area (Å²) < 4.78 is 11.8. The molecule has 0 aromatic heterocycles. The molecule has 0 unspecified atom stereocenters. The number of carbonyl (C=O) groups is 2. The van der Waals surface area contributed by atoms with Crippen LogP contribution >= 0.6 is 0 Å². The zero-order valence-electron chi connectivity index (χ0n) is 26.2. The topological polar surface area (TPSA) is 84.1 Å². The van der Waals surface area contributed by atoms with Crippen molar-refractivity contribution in [3.63, 3.8) is 0 Å². The van der Waals surface area contributed by atoms with E-state index >= 15 is 0 Å². The number of nitrogens with one attached hydrogen (secondary N) is 1. The summed E-state index contributed by atoms with van der Waals surface area (Å²) in [5, 5.41) is 5.13. The molecule has 0 bridgehead atoms. The fourth-order valence-electron chi connectivity index (χ4n) is 6.29. The lowest BCUT2D eigenvalue weighted by Gasteiger charge is -2.31. The Labute approximate surface area is 273 Å². The number of piperidine rings is 1. The zero-order valence-corrected chi connectivity index (χ0v) is 26.2. The Morgan fingerprint density at radius 2 is 1.53 bits per heavy atom. The number of amides is 1. The molecular weight excluding hydrogens is 586 g/mol. The van der Waals surface area contributed by atoms with Crippen LogP contribution in [0.2, 0.25) is 0 Å². The first-order chi connectivity index (χ1) is 23.1. The summed E-state index contributed by atoms with van der Waals surface area (Å²) in [5.74, 6) is 0.264. The van der Waals surface area contributed by atoms with Gasteiger partial charge < -0.3 is 19.4 Å². The molecule has 0 radical (unpaired) electrons. The average Bonchev–Trinajstić information content (AvgIpc) is 3.11. The Morgan fingerprint density at radius 1 is 0.809 bits per heavy atom. The number of esters is 1. The highest BCUT2D eigenvalue weighted by Gasteiger charge is 2.30. The lowest BCUT2D eigenvalue weighted by Crippen LogP contribution is -2.40. The van der Waals surface area contributed by atoms with E-state index in [1.54, 1.807) is 0 Å². The first-order valence-electron chi connectivity index (χ1n) is 16.0. The first-order valence-corrected chi connectivity index (χ1v) is 16.0. The molecule has 1 N–H and O–H groups in total. The second-order valence-corrected chi connectivity index (χ2v) is 11.7. The van der Waals surface area contributed by atoms with Gasteiger partial charge in [-0.2, -0.15) is 0 Å². The van der Waals surface area contributed by atoms with Gasteiger partial charge >= 0.3 is 5.97 Å². The van der Waals surface area contributed by atoms with Gasteiger partial charge in [0.1, 0.15) is 11.3 Å². The first kappa shape index (κ1) is 30.0. The maximum atomic E-state index is 14.1. The van der Waals surface area contributed by atoms with Gasteiger partial charge in [0.15, 0.2) is 0 Å². The maximum absolute atomic E-state index is 14.1. The average molecular weight is 622 g/mol. The van der Waals surface area contributed by atoms with E-state index < -0.39 is 0 Å². The molecule has 4 aromatic carbocycles. The molecule has 1 aliphatic carbocycles. The number of para-hydroxylation sites is 2. The third kappa shape index (κ3) is 6.38. The predicted molar refractivity (Wildman–Crippen MR) is 185 cm³/mol. The molecule has 7 rings (SSSR count). The second kappa shape index (κ2) is 13.3. The van der Waals surface area contributed by atoms with Crippen molar-refractivity contribution in [3.05, 3.63) is 132 Å². The summed E-state index contributed by atoms with van der Waals surface area (Å²) in [5.41, 5.74) is 6.63. The Balaban J connectivity index is 1.33. The molecule has 1 saturated heterocycles. The van der Waals surface area contributed by atoms with Gasteiger partial charge in [-0.3, -0.25) is 9.59 Å². The second-order valence-electron chi connectivity index (χ2n) is 11.7. The van der Waals surface area contributed by atoms with Crippen LogP contribution in [-0.2, 0) is 9.53 Å². The largest absolute Gasteiger partial charge is 0.466 e. The fourth-order valence-corrected chi connectivity index (χ4v) is 6.29. The summed E-state index contributed by atoms with van der Waals surface area (Å²) in [4.78, 5) is 33.2. The van der Waals surface area contributed by atoms with Crippen LogP contribution in [-0.4, -0.2) is 36.5 Å². The van der Waals surface area contributed by atoms with Gasteiger partial charge in [0.2, 0.25) is 0 Å². The van der Waals surface area contributed by atoms with Gasteiger partial charge in [-0.25, -0.2) is 4.99 Å². The molecule has 2 aliphatic heterocycles. The molecule has 4 aromatic rings. The molecular formula is C40H35N3O4. The number of carbonyl (C=O) groups excluding carboxylic acids is 2. The highest BCUT2D eigenvalue weighted by atomic mass is 16.5. The summed E-state index contributed by atoms with van der Waals surface area (Å²) in [7, 11) is 0. The third-order valence-corrected chi connectivity index (χ3v) is 8.61. The SMILES string of the molecule is CCOC(=O)C1CCN(C(=O)c2ccccc2-c2c3ccc(=Nc4ccccc4)cc-3oc3cc(Nc4ccccc4)ccc23)CC1. The van der Waals surface area contributed by atoms with Crippen molar-refractivity contribution in [3.8, 4) is 22.5 Å². The van der Waals surface area contributed by atoms with Crippen LogP contribution in [0.25, 0.3) is 33.4 Å². The van der Waals surface area contributed by atoms with Crippen LogP contribution in [0.3, 0.4) is 0 Å². The van der Waals surface area contributed by atoms with Crippen molar-refractivity contribution in [2.24, 2.45) is 10.9 Å². The molecule has 7 nitrogen and oxygen atoms in total. The molecule has 0 atom stereocenters. The molecule has 0 spiro atoms. The number of nitrogens with zero attached hydrogens (tertiary/aromatic N) is 2. The highest BCUT2D eigenvalue weighted by Crippen LogP contribution is 2.42. The van der Waals surface area contributed by atoms with Crippen LogP contribution < -0.4 is 10.7 Å². The Morgan fingerprint density at radius 3 is 2.30 bits per heavy atom. The fraction of sp³-hybridized carbons (Fsp3) is 0.175. The van der Waals surface area contributed by atoms with Crippen LogP contribution in [0, 0.1) is 5.92 Å². The molecule has 1 fully saturated rings. The third-order valence-electron chi connectivity index (χ3n) is 8.61. The van der Waals surface area contributed by atoms with Gasteiger partial charge in [-0.05, 0) is 79.9 Å². The van der Waals surface area contributed by atoms with Crippen LogP contribution in [0.1, 0.15) is 30.1 Å². The van der Waals surface area contributed by atoms with E-state index in [1.807, 2.05) is 133 Å². The smallest absolute Gasteiger partial charge is 0.309 e. The highest BCUT2D eigenvalue weighted by molar-refractivity contribution is 6.09. The Hall–Kier alpha value is -5.69. The quantitative estimate of drug-likeness (QED) is 0.143.